The third-order valence-electron chi connectivity index (χ3n) is 3.69. The van der Waals surface area contributed by atoms with Gasteiger partial charge < -0.3 is 14.4 Å². The van der Waals surface area contributed by atoms with Crippen LogP contribution >= 0.6 is 0 Å². The van der Waals surface area contributed by atoms with Crippen LogP contribution < -0.4 is 0 Å². The van der Waals surface area contributed by atoms with Gasteiger partial charge in [0.1, 0.15) is 5.82 Å². The summed E-state index contributed by atoms with van der Waals surface area (Å²) < 4.78 is 2.14. The number of imidazole rings is 1. The van der Waals surface area contributed by atoms with Gasteiger partial charge in [-0.3, -0.25) is 9.59 Å². The van der Waals surface area contributed by atoms with Crippen LogP contribution in [0.5, 0.6) is 0 Å². The number of hydrogen-bond donors (Lipinski definition) is 0. The lowest BCUT2D eigenvalue weighted by Crippen LogP contribution is -2.40. The molecule has 0 saturated heterocycles. The number of nitrogens with zero attached hydrogens (tertiary/aromatic N) is 4. The van der Waals surface area contributed by atoms with Crippen LogP contribution in [-0.2, 0) is 16.1 Å². The van der Waals surface area contributed by atoms with E-state index in [1.54, 1.807) is 18.1 Å². The van der Waals surface area contributed by atoms with Crippen molar-refractivity contribution in [1.29, 1.82) is 0 Å². The molecule has 1 fully saturated rings. The van der Waals surface area contributed by atoms with Crippen LogP contribution in [0.15, 0.2) is 25.0 Å². The number of carbonyl (C=O) groups excluding carboxylic acids is 2. The van der Waals surface area contributed by atoms with Crippen LogP contribution in [0.25, 0.3) is 0 Å². The first kappa shape index (κ1) is 15.3. The molecule has 2 rings (SSSR count). The highest BCUT2D eigenvalue weighted by Gasteiger charge is 2.26. The number of hydrogen-bond acceptors (Lipinski definition) is 3. The summed E-state index contributed by atoms with van der Waals surface area (Å²) in [7, 11) is 1.74. The molecule has 1 aromatic heterocycles. The minimum Gasteiger partial charge on any atom is -0.337 e. The van der Waals surface area contributed by atoms with Crippen LogP contribution in [0.3, 0.4) is 0 Å². The summed E-state index contributed by atoms with van der Waals surface area (Å²) in [5.41, 5.74) is 0. The van der Waals surface area contributed by atoms with Crippen molar-refractivity contribution in [2.75, 3.05) is 20.1 Å². The van der Waals surface area contributed by atoms with Crippen molar-refractivity contribution in [2.24, 2.45) is 0 Å². The predicted octanol–water partition coefficient (Wildman–Crippen LogP) is 1.21. The van der Waals surface area contributed by atoms with Gasteiger partial charge in [0.25, 0.3) is 0 Å². The highest BCUT2D eigenvalue weighted by molar-refractivity contribution is 5.90. The average molecular weight is 290 g/mol. The SMILES string of the molecule is C=CC(=O)N(CC)CC(=O)N(C)Cc1nccn1C1CC1. The molecule has 0 bridgehead atoms. The molecule has 0 radical (unpaired) electrons. The second-order valence-corrected chi connectivity index (χ2v) is 5.29. The van der Waals surface area contributed by atoms with E-state index in [0.717, 1.165) is 5.82 Å². The van der Waals surface area contributed by atoms with Gasteiger partial charge in [-0.15, -0.1) is 0 Å². The molecule has 0 N–H and O–H groups in total. The Kier molecular flexibility index (Phi) is 4.77. The lowest BCUT2D eigenvalue weighted by molar-refractivity contribution is -0.137. The van der Waals surface area contributed by atoms with Crippen molar-refractivity contribution in [3.05, 3.63) is 30.9 Å². The van der Waals surface area contributed by atoms with Gasteiger partial charge in [-0.25, -0.2) is 4.98 Å². The average Bonchev–Trinajstić information content (AvgIpc) is 3.23. The number of likely N-dealkylation sites (N-methyl/N-ethyl adjacent to an activating group) is 2. The maximum Gasteiger partial charge on any atom is 0.246 e. The molecule has 0 aliphatic heterocycles. The van der Waals surface area contributed by atoms with Gasteiger partial charge in [0.05, 0.1) is 13.1 Å². The quantitative estimate of drug-likeness (QED) is 0.709. The number of carbonyl (C=O) groups is 2. The van der Waals surface area contributed by atoms with Crippen molar-refractivity contribution in [3.63, 3.8) is 0 Å². The molecule has 1 aliphatic carbocycles. The standard InChI is InChI=1S/C15H22N4O2/c1-4-14(20)18(5-2)11-15(21)17(3)10-13-16-8-9-19(13)12-6-7-12/h4,8-9,12H,1,5-7,10-11H2,2-3H3. The lowest BCUT2D eigenvalue weighted by atomic mass is 10.4. The van der Waals surface area contributed by atoms with Gasteiger partial charge in [0.15, 0.2) is 0 Å². The topological polar surface area (TPSA) is 58.4 Å². The fourth-order valence-electron chi connectivity index (χ4n) is 2.21. The van der Waals surface area contributed by atoms with E-state index < -0.39 is 0 Å². The van der Waals surface area contributed by atoms with Crippen molar-refractivity contribution < 1.29 is 9.59 Å². The van der Waals surface area contributed by atoms with Crippen molar-refractivity contribution in [1.82, 2.24) is 19.4 Å². The summed E-state index contributed by atoms with van der Waals surface area (Å²) in [6.45, 7) is 6.31. The minimum absolute atomic E-state index is 0.0714. The van der Waals surface area contributed by atoms with Crippen LogP contribution in [0.4, 0.5) is 0 Å². The van der Waals surface area contributed by atoms with Gasteiger partial charge in [0.2, 0.25) is 11.8 Å². The van der Waals surface area contributed by atoms with E-state index in [2.05, 4.69) is 16.1 Å². The Morgan fingerprint density at radius 2 is 2.24 bits per heavy atom. The van der Waals surface area contributed by atoms with Crippen LogP contribution in [0.2, 0.25) is 0 Å². The molecule has 1 aromatic rings. The molecule has 114 valence electrons. The summed E-state index contributed by atoms with van der Waals surface area (Å²) in [5, 5.41) is 0. The van der Waals surface area contributed by atoms with E-state index in [0.29, 0.717) is 19.1 Å². The molecule has 0 aromatic carbocycles. The maximum absolute atomic E-state index is 12.2. The van der Waals surface area contributed by atoms with E-state index in [1.165, 1.54) is 23.8 Å². The molecule has 0 atom stereocenters. The molecular formula is C15H22N4O2. The Bertz CT molecular complexity index is 534. The minimum atomic E-state index is -0.223. The summed E-state index contributed by atoms with van der Waals surface area (Å²) in [6.07, 6.45) is 7.32. The fraction of sp³-hybridized carbons (Fsp3) is 0.533. The summed E-state index contributed by atoms with van der Waals surface area (Å²) in [5.74, 6) is 0.572. The number of rotatable bonds is 7. The van der Waals surface area contributed by atoms with Gasteiger partial charge in [-0.05, 0) is 25.8 Å². The molecule has 6 nitrogen and oxygen atoms in total. The normalized spacial score (nSPS) is 13.8. The smallest absolute Gasteiger partial charge is 0.246 e. The first-order valence-corrected chi connectivity index (χ1v) is 7.23. The first-order valence-electron chi connectivity index (χ1n) is 7.23. The third-order valence-corrected chi connectivity index (χ3v) is 3.69. The van der Waals surface area contributed by atoms with E-state index in [-0.39, 0.29) is 18.4 Å². The largest absolute Gasteiger partial charge is 0.337 e. The monoisotopic (exact) mass is 290 g/mol. The molecule has 0 spiro atoms. The van der Waals surface area contributed by atoms with E-state index in [4.69, 9.17) is 0 Å². The second-order valence-electron chi connectivity index (χ2n) is 5.29. The summed E-state index contributed by atoms with van der Waals surface area (Å²) in [6, 6.07) is 0.542. The highest BCUT2D eigenvalue weighted by atomic mass is 16.2. The van der Waals surface area contributed by atoms with Crippen LogP contribution in [0, 0.1) is 0 Å². The lowest BCUT2D eigenvalue weighted by Gasteiger charge is -2.23. The second kappa shape index (κ2) is 6.56. The van der Waals surface area contributed by atoms with Crippen LogP contribution in [0.1, 0.15) is 31.6 Å². The van der Waals surface area contributed by atoms with Gasteiger partial charge in [-0.1, -0.05) is 6.58 Å². The van der Waals surface area contributed by atoms with E-state index in [1.807, 2.05) is 13.1 Å². The maximum atomic E-state index is 12.2. The number of amides is 2. The molecule has 1 heterocycles. The molecule has 21 heavy (non-hydrogen) atoms. The summed E-state index contributed by atoms with van der Waals surface area (Å²) in [4.78, 5) is 31.2. The number of aromatic nitrogens is 2. The van der Waals surface area contributed by atoms with E-state index >= 15 is 0 Å². The van der Waals surface area contributed by atoms with Crippen molar-refractivity contribution in [2.45, 2.75) is 32.4 Å². The first-order chi connectivity index (χ1) is 10.1. The molecule has 6 heteroatoms. The zero-order valence-electron chi connectivity index (χ0n) is 12.7. The van der Waals surface area contributed by atoms with Crippen LogP contribution in [-0.4, -0.2) is 51.3 Å². The molecule has 1 aliphatic rings. The van der Waals surface area contributed by atoms with Gasteiger partial charge in [0, 0.05) is 32.0 Å². The Morgan fingerprint density at radius 3 is 2.81 bits per heavy atom. The van der Waals surface area contributed by atoms with Crippen molar-refractivity contribution in [3.8, 4) is 0 Å². The zero-order valence-corrected chi connectivity index (χ0v) is 12.7. The summed E-state index contributed by atoms with van der Waals surface area (Å²) >= 11 is 0. The Balaban J connectivity index is 1.94. The molecular weight excluding hydrogens is 268 g/mol. The third kappa shape index (κ3) is 3.71. The Labute approximate surface area is 125 Å². The van der Waals surface area contributed by atoms with Crippen molar-refractivity contribution >= 4 is 11.8 Å². The molecule has 2 amide bonds. The van der Waals surface area contributed by atoms with Gasteiger partial charge >= 0.3 is 0 Å². The highest BCUT2D eigenvalue weighted by Crippen LogP contribution is 2.35. The fourth-order valence-corrected chi connectivity index (χ4v) is 2.21. The molecule has 1 saturated carbocycles. The van der Waals surface area contributed by atoms with Gasteiger partial charge in [-0.2, -0.15) is 0 Å². The van der Waals surface area contributed by atoms with E-state index in [9.17, 15) is 9.59 Å². The predicted molar refractivity (Wildman–Crippen MR) is 79.4 cm³/mol. The molecule has 0 unspecified atom stereocenters. The Hall–Kier alpha value is -2.11. The Morgan fingerprint density at radius 1 is 1.52 bits per heavy atom. The zero-order chi connectivity index (χ0) is 15.4.